The number of pyridine rings is 2. The lowest BCUT2D eigenvalue weighted by molar-refractivity contribution is -0.00522. The summed E-state index contributed by atoms with van der Waals surface area (Å²) in [6, 6.07) is 5.88. The predicted molar refractivity (Wildman–Crippen MR) is 115 cm³/mol. The topological polar surface area (TPSA) is 102 Å². The summed E-state index contributed by atoms with van der Waals surface area (Å²) in [5.74, 6) is 1.46. The molecule has 1 aliphatic heterocycles. The number of hydrogen-bond donors (Lipinski definition) is 3. The maximum atomic E-state index is 6.12. The number of anilines is 2. The molecule has 1 fully saturated rings. The Balaban J connectivity index is 1.83. The maximum Gasteiger partial charge on any atom is 0.132 e. The highest BCUT2D eigenvalue weighted by molar-refractivity contribution is 5.79. The summed E-state index contributed by atoms with van der Waals surface area (Å²) in [5, 5.41) is 3.14. The molecular weight excluding hydrogens is 352 g/mol. The molecule has 28 heavy (non-hydrogen) atoms. The molecule has 3 rings (SSSR count). The van der Waals surface area contributed by atoms with Gasteiger partial charge >= 0.3 is 0 Å². The zero-order chi connectivity index (χ0) is 20.3. The van der Waals surface area contributed by atoms with Crippen LogP contribution in [0.3, 0.4) is 0 Å². The fourth-order valence-electron chi connectivity index (χ4n) is 3.40. The van der Waals surface area contributed by atoms with Crippen molar-refractivity contribution >= 4 is 22.5 Å². The van der Waals surface area contributed by atoms with Gasteiger partial charge in [-0.2, -0.15) is 0 Å². The molecule has 0 radical (unpaired) electrons. The molecule has 7 nitrogen and oxygen atoms in total. The van der Waals surface area contributed by atoms with Crippen LogP contribution in [0.1, 0.15) is 27.7 Å². The number of nitrogens with one attached hydrogen (secondary N) is 1. The third-order valence-electron chi connectivity index (χ3n) is 4.76. The van der Waals surface area contributed by atoms with Crippen LogP contribution in [0, 0.1) is 5.92 Å². The number of morpholine rings is 1. The fourth-order valence-corrected chi connectivity index (χ4v) is 3.40. The molecule has 3 heterocycles. The zero-order valence-electron chi connectivity index (χ0n) is 17.0. The molecule has 2 aromatic heterocycles. The minimum atomic E-state index is 0.191. The van der Waals surface area contributed by atoms with Crippen LogP contribution in [0.25, 0.3) is 11.0 Å². The first-order valence-electron chi connectivity index (χ1n) is 9.69. The number of ether oxygens (including phenoxy) is 1. The molecule has 0 spiro atoms. The SMILES string of the molecule is CC1CN(c2cnc3ccc(N/C(N)=C/C(=C\N)C(C)C)nc3c2)CC(C)O1. The molecule has 0 bridgehead atoms. The highest BCUT2D eigenvalue weighted by Gasteiger charge is 2.22. The summed E-state index contributed by atoms with van der Waals surface area (Å²) in [7, 11) is 0. The van der Waals surface area contributed by atoms with Crippen molar-refractivity contribution in [2.75, 3.05) is 23.3 Å². The zero-order valence-corrected chi connectivity index (χ0v) is 17.0. The Morgan fingerprint density at radius 2 is 1.96 bits per heavy atom. The van der Waals surface area contributed by atoms with Crippen molar-refractivity contribution in [3.8, 4) is 0 Å². The van der Waals surface area contributed by atoms with Crippen LogP contribution in [0.5, 0.6) is 0 Å². The van der Waals surface area contributed by atoms with Gasteiger partial charge in [-0.3, -0.25) is 4.98 Å². The summed E-state index contributed by atoms with van der Waals surface area (Å²) in [6.07, 6.45) is 5.69. The van der Waals surface area contributed by atoms with E-state index >= 15 is 0 Å². The normalized spacial score (nSPS) is 21.4. The Bertz CT molecular complexity index is 882. The standard InChI is InChI=1S/C21H30N6O/c1-13(2)16(9-22)7-20(23)26-21-6-5-18-19(25-21)8-17(10-24-18)27-11-14(3)28-15(4)12-27/h5-10,13-15H,11-12,22-23H2,1-4H3,(H,25,26)/b16-9+,20-7+. The van der Waals surface area contributed by atoms with Crippen LogP contribution >= 0.6 is 0 Å². The molecule has 0 amide bonds. The lowest BCUT2D eigenvalue weighted by Gasteiger charge is -2.36. The number of allylic oxidation sites excluding steroid dienone is 2. The Morgan fingerprint density at radius 3 is 2.61 bits per heavy atom. The van der Waals surface area contributed by atoms with Gasteiger partial charge in [-0.25, -0.2) is 4.98 Å². The number of nitrogens with two attached hydrogens (primary N) is 2. The first-order chi connectivity index (χ1) is 13.4. The quantitative estimate of drug-likeness (QED) is 0.683. The summed E-state index contributed by atoms with van der Waals surface area (Å²) in [6.45, 7) is 10.00. The van der Waals surface area contributed by atoms with Gasteiger partial charge in [0.15, 0.2) is 0 Å². The Labute approximate surface area is 166 Å². The number of hydrogen-bond acceptors (Lipinski definition) is 7. The van der Waals surface area contributed by atoms with Gasteiger partial charge in [-0.1, -0.05) is 13.8 Å². The molecule has 150 valence electrons. The summed E-state index contributed by atoms with van der Waals surface area (Å²) < 4.78 is 5.82. The van der Waals surface area contributed by atoms with Crippen LogP contribution in [0.15, 0.2) is 48.1 Å². The minimum absolute atomic E-state index is 0.191. The van der Waals surface area contributed by atoms with E-state index in [9.17, 15) is 0 Å². The number of nitrogens with zero attached hydrogens (tertiary/aromatic N) is 3. The van der Waals surface area contributed by atoms with Gasteiger partial charge in [0.2, 0.25) is 0 Å². The first-order valence-corrected chi connectivity index (χ1v) is 9.69. The Hall–Kier alpha value is -2.80. The van der Waals surface area contributed by atoms with Crippen molar-refractivity contribution in [1.29, 1.82) is 0 Å². The predicted octanol–water partition coefficient (Wildman–Crippen LogP) is 2.95. The Kier molecular flexibility index (Phi) is 6.04. The molecular formula is C21H30N6O. The van der Waals surface area contributed by atoms with Gasteiger partial charge in [0.1, 0.15) is 11.6 Å². The highest BCUT2D eigenvalue weighted by atomic mass is 16.5. The van der Waals surface area contributed by atoms with Gasteiger partial charge in [0.25, 0.3) is 0 Å². The van der Waals surface area contributed by atoms with E-state index in [1.54, 1.807) is 6.20 Å². The van der Waals surface area contributed by atoms with Crippen LogP contribution in [0.2, 0.25) is 0 Å². The van der Waals surface area contributed by atoms with Gasteiger partial charge in [0.05, 0.1) is 35.1 Å². The average molecular weight is 383 g/mol. The monoisotopic (exact) mass is 382 g/mol. The molecule has 2 unspecified atom stereocenters. The third kappa shape index (κ3) is 4.72. The van der Waals surface area contributed by atoms with E-state index in [4.69, 9.17) is 16.2 Å². The molecule has 1 saturated heterocycles. The summed E-state index contributed by atoms with van der Waals surface area (Å²) in [5.41, 5.74) is 15.5. The second-order valence-electron chi connectivity index (χ2n) is 7.64. The maximum absolute atomic E-state index is 6.12. The summed E-state index contributed by atoms with van der Waals surface area (Å²) >= 11 is 0. The van der Waals surface area contributed by atoms with Crippen molar-refractivity contribution in [3.05, 3.63) is 48.1 Å². The number of rotatable bonds is 5. The van der Waals surface area contributed by atoms with Gasteiger partial charge < -0.3 is 26.4 Å². The minimum Gasteiger partial charge on any atom is -0.404 e. The fraction of sp³-hybridized carbons (Fsp3) is 0.429. The second kappa shape index (κ2) is 8.48. The lowest BCUT2D eigenvalue weighted by Crippen LogP contribution is -2.45. The average Bonchev–Trinajstić information content (AvgIpc) is 2.64. The molecule has 0 saturated carbocycles. The first kappa shape index (κ1) is 19.9. The van der Waals surface area contributed by atoms with E-state index in [2.05, 4.69) is 53.9 Å². The number of aromatic nitrogens is 2. The van der Waals surface area contributed by atoms with E-state index in [1.165, 1.54) is 0 Å². The van der Waals surface area contributed by atoms with Crippen molar-refractivity contribution in [2.24, 2.45) is 17.4 Å². The third-order valence-corrected chi connectivity index (χ3v) is 4.76. The van der Waals surface area contributed by atoms with Gasteiger partial charge in [-0.05, 0) is 55.8 Å². The number of fused-ring (bicyclic) bond motifs is 1. The molecule has 2 atom stereocenters. The molecule has 0 aromatic carbocycles. The van der Waals surface area contributed by atoms with Gasteiger partial charge in [-0.15, -0.1) is 0 Å². The van der Waals surface area contributed by atoms with Crippen LogP contribution < -0.4 is 21.7 Å². The van der Waals surface area contributed by atoms with Crippen molar-refractivity contribution < 1.29 is 4.74 Å². The molecule has 7 heteroatoms. The van der Waals surface area contributed by atoms with E-state index < -0.39 is 0 Å². The molecule has 5 N–H and O–H groups in total. The largest absolute Gasteiger partial charge is 0.404 e. The van der Waals surface area contributed by atoms with E-state index in [1.807, 2.05) is 24.4 Å². The molecule has 1 aliphatic rings. The lowest BCUT2D eigenvalue weighted by atomic mass is 10.0. The second-order valence-corrected chi connectivity index (χ2v) is 7.64. The van der Waals surface area contributed by atoms with Crippen molar-refractivity contribution in [2.45, 2.75) is 39.9 Å². The van der Waals surface area contributed by atoms with Crippen LogP contribution in [-0.2, 0) is 4.74 Å². The van der Waals surface area contributed by atoms with Crippen LogP contribution in [0.4, 0.5) is 11.5 Å². The molecule has 2 aromatic rings. The highest BCUT2D eigenvalue weighted by Crippen LogP contribution is 2.24. The van der Waals surface area contributed by atoms with E-state index in [0.29, 0.717) is 17.6 Å². The van der Waals surface area contributed by atoms with E-state index in [0.717, 1.165) is 35.4 Å². The Morgan fingerprint density at radius 1 is 1.25 bits per heavy atom. The molecule has 0 aliphatic carbocycles. The van der Waals surface area contributed by atoms with Crippen molar-refractivity contribution in [3.63, 3.8) is 0 Å². The van der Waals surface area contributed by atoms with E-state index in [-0.39, 0.29) is 12.2 Å². The van der Waals surface area contributed by atoms with Crippen molar-refractivity contribution in [1.82, 2.24) is 9.97 Å². The van der Waals surface area contributed by atoms with Gasteiger partial charge in [0, 0.05) is 13.1 Å². The summed E-state index contributed by atoms with van der Waals surface area (Å²) in [4.78, 5) is 11.5. The van der Waals surface area contributed by atoms with Crippen LogP contribution in [-0.4, -0.2) is 35.3 Å². The smallest absolute Gasteiger partial charge is 0.132 e.